The lowest BCUT2D eigenvalue weighted by atomic mass is 9.86. The Bertz CT molecular complexity index is 426. The third-order valence-corrected chi connectivity index (χ3v) is 3.93. The topological polar surface area (TPSA) is 46.3 Å². The fourth-order valence-corrected chi connectivity index (χ4v) is 3.19. The first kappa shape index (κ1) is 16.0. The van der Waals surface area contributed by atoms with Crippen LogP contribution in [-0.2, 0) is 5.41 Å². The quantitative estimate of drug-likeness (QED) is 0.890. The summed E-state index contributed by atoms with van der Waals surface area (Å²) in [5.74, 6) is 0.0902. The molecule has 1 amide bonds. The second-order valence-corrected chi connectivity index (χ2v) is 6.84. The van der Waals surface area contributed by atoms with Gasteiger partial charge in [-0.05, 0) is 29.2 Å². The molecule has 0 spiro atoms. The molecular formula is C15H26N2OS. The molecule has 108 valence electrons. The predicted octanol–water partition coefficient (Wildman–Crippen LogP) is 3.89. The normalized spacial score (nSPS) is 11.6. The summed E-state index contributed by atoms with van der Waals surface area (Å²) in [7, 11) is 0. The third-order valence-electron chi connectivity index (χ3n) is 3.12. The fourth-order valence-electron chi connectivity index (χ4n) is 2.16. The van der Waals surface area contributed by atoms with Crippen LogP contribution in [0.2, 0.25) is 0 Å². The van der Waals surface area contributed by atoms with E-state index in [1.165, 1.54) is 11.3 Å². The molecule has 0 radical (unpaired) electrons. The van der Waals surface area contributed by atoms with Crippen molar-refractivity contribution in [3.63, 3.8) is 0 Å². The van der Waals surface area contributed by atoms with E-state index in [9.17, 15) is 4.79 Å². The van der Waals surface area contributed by atoms with Crippen molar-refractivity contribution >= 4 is 22.2 Å². The molecule has 0 aliphatic heterocycles. The van der Waals surface area contributed by atoms with Gasteiger partial charge in [-0.15, -0.1) is 11.3 Å². The molecule has 0 fully saturated rings. The Morgan fingerprint density at radius 2 is 1.79 bits per heavy atom. The van der Waals surface area contributed by atoms with Crippen molar-refractivity contribution in [3.8, 4) is 0 Å². The number of nitrogens with two attached hydrogens (primary N) is 1. The number of anilines is 1. The summed E-state index contributed by atoms with van der Waals surface area (Å²) < 4.78 is 0. The number of hydrogen-bond acceptors (Lipinski definition) is 3. The van der Waals surface area contributed by atoms with E-state index in [4.69, 9.17) is 5.73 Å². The molecule has 0 saturated heterocycles. The predicted molar refractivity (Wildman–Crippen MR) is 83.9 cm³/mol. The first-order chi connectivity index (χ1) is 8.82. The number of nitrogens with zero attached hydrogens (tertiary/aromatic N) is 1. The Balaban J connectivity index is 3.13. The number of carbonyl (C=O) groups is 1. The fraction of sp³-hybridized carbons (Fsp3) is 0.667. The SMILES string of the molecule is CCCN(CCC)C(=O)c1c(C(C)(C)C)csc1N. The van der Waals surface area contributed by atoms with Crippen molar-refractivity contribution in [1.29, 1.82) is 0 Å². The van der Waals surface area contributed by atoms with Crippen molar-refractivity contribution in [2.75, 3.05) is 18.8 Å². The lowest BCUT2D eigenvalue weighted by Crippen LogP contribution is -2.34. The highest BCUT2D eigenvalue weighted by Crippen LogP contribution is 2.35. The highest BCUT2D eigenvalue weighted by molar-refractivity contribution is 7.14. The van der Waals surface area contributed by atoms with E-state index in [2.05, 4.69) is 34.6 Å². The molecule has 4 heteroatoms. The van der Waals surface area contributed by atoms with Crippen LogP contribution in [0.4, 0.5) is 5.00 Å². The maximum Gasteiger partial charge on any atom is 0.257 e. The van der Waals surface area contributed by atoms with E-state index in [-0.39, 0.29) is 11.3 Å². The molecule has 0 aliphatic carbocycles. The monoisotopic (exact) mass is 282 g/mol. The van der Waals surface area contributed by atoms with Gasteiger partial charge in [0.2, 0.25) is 0 Å². The minimum absolute atomic E-state index is 0.0524. The van der Waals surface area contributed by atoms with Gasteiger partial charge in [-0.3, -0.25) is 4.79 Å². The summed E-state index contributed by atoms with van der Waals surface area (Å²) in [5.41, 5.74) is 7.78. The Labute approximate surface area is 120 Å². The van der Waals surface area contributed by atoms with Gasteiger partial charge in [-0.1, -0.05) is 34.6 Å². The van der Waals surface area contributed by atoms with E-state index in [0.717, 1.165) is 37.1 Å². The molecule has 0 atom stereocenters. The number of hydrogen-bond donors (Lipinski definition) is 1. The van der Waals surface area contributed by atoms with Gasteiger partial charge in [-0.2, -0.15) is 0 Å². The van der Waals surface area contributed by atoms with Crippen molar-refractivity contribution in [1.82, 2.24) is 4.90 Å². The summed E-state index contributed by atoms with van der Waals surface area (Å²) in [6, 6.07) is 0. The largest absolute Gasteiger partial charge is 0.390 e. The molecule has 2 N–H and O–H groups in total. The van der Waals surface area contributed by atoms with Crippen LogP contribution in [0.15, 0.2) is 5.38 Å². The molecule has 0 unspecified atom stereocenters. The van der Waals surface area contributed by atoms with Gasteiger partial charge in [0.25, 0.3) is 5.91 Å². The summed E-state index contributed by atoms with van der Waals surface area (Å²) in [5, 5.41) is 2.67. The summed E-state index contributed by atoms with van der Waals surface area (Å²) in [6.45, 7) is 12.1. The van der Waals surface area contributed by atoms with Crippen LogP contribution < -0.4 is 5.73 Å². The minimum atomic E-state index is -0.0524. The third kappa shape index (κ3) is 3.72. The molecule has 1 rings (SSSR count). The first-order valence-corrected chi connectivity index (χ1v) is 7.87. The van der Waals surface area contributed by atoms with Crippen molar-refractivity contribution < 1.29 is 4.79 Å². The van der Waals surface area contributed by atoms with Crippen LogP contribution in [0, 0.1) is 0 Å². The van der Waals surface area contributed by atoms with Crippen LogP contribution in [0.1, 0.15) is 63.4 Å². The van der Waals surface area contributed by atoms with E-state index in [0.29, 0.717) is 5.00 Å². The van der Waals surface area contributed by atoms with Gasteiger partial charge in [0.1, 0.15) is 0 Å². The maximum absolute atomic E-state index is 12.7. The Kier molecular flexibility index (Phi) is 5.41. The second kappa shape index (κ2) is 6.42. The molecule has 3 nitrogen and oxygen atoms in total. The van der Waals surface area contributed by atoms with Gasteiger partial charge < -0.3 is 10.6 Å². The van der Waals surface area contributed by atoms with Gasteiger partial charge in [0.15, 0.2) is 0 Å². The Morgan fingerprint density at radius 3 is 2.21 bits per heavy atom. The van der Waals surface area contributed by atoms with E-state index < -0.39 is 0 Å². The molecule has 0 aliphatic rings. The van der Waals surface area contributed by atoms with Crippen LogP contribution in [0.5, 0.6) is 0 Å². The molecule has 1 aromatic heterocycles. The zero-order valence-corrected chi connectivity index (χ0v) is 13.6. The zero-order valence-electron chi connectivity index (χ0n) is 12.7. The summed E-state index contributed by atoms with van der Waals surface area (Å²) in [4.78, 5) is 14.7. The van der Waals surface area contributed by atoms with E-state index >= 15 is 0 Å². The van der Waals surface area contributed by atoms with Crippen LogP contribution in [0.3, 0.4) is 0 Å². The zero-order chi connectivity index (χ0) is 14.6. The Hall–Kier alpha value is -1.03. The smallest absolute Gasteiger partial charge is 0.257 e. The maximum atomic E-state index is 12.7. The summed E-state index contributed by atoms with van der Waals surface area (Å²) in [6.07, 6.45) is 1.95. The van der Waals surface area contributed by atoms with Gasteiger partial charge in [-0.25, -0.2) is 0 Å². The average molecular weight is 282 g/mol. The molecular weight excluding hydrogens is 256 g/mol. The van der Waals surface area contributed by atoms with E-state index in [1.54, 1.807) is 0 Å². The number of nitrogen functional groups attached to an aromatic ring is 1. The number of thiophene rings is 1. The molecule has 19 heavy (non-hydrogen) atoms. The first-order valence-electron chi connectivity index (χ1n) is 6.99. The average Bonchev–Trinajstić information content (AvgIpc) is 2.69. The second-order valence-electron chi connectivity index (χ2n) is 5.93. The minimum Gasteiger partial charge on any atom is -0.390 e. The highest BCUT2D eigenvalue weighted by atomic mass is 32.1. The van der Waals surface area contributed by atoms with Gasteiger partial charge >= 0.3 is 0 Å². The summed E-state index contributed by atoms with van der Waals surface area (Å²) >= 11 is 1.47. The van der Waals surface area contributed by atoms with Gasteiger partial charge in [0.05, 0.1) is 10.6 Å². The molecule has 0 aromatic carbocycles. The molecule has 0 saturated carbocycles. The van der Waals surface area contributed by atoms with Crippen LogP contribution in [-0.4, -0.2) is 23.9 Å². The number of amides is 1. The van der Waals surface area contributed by atoms with Crippen molar-refractivity contribution in [3.05, 3.63) is 16.5 Å². The van der Waals surface area contributed by atoms with Gasteiger partial charge in [0, 0.05) is 13.1 Å². The lowest BCUT2D eigenvalue weighted by molar-refractivity contribution is 0.0754. The van der Waals surface area contributed by atoms with Crippen LogP contribution in [0.25, 0.3) is 0 Å². The molecule has 1 heterocycles. The molecule has 1 aromatic rings. The van der Waals surface area contributed by atoms with Crippen molar-refractivity contribution in [2.45, 2.75) is 52.9 Å². The van der Waals surface area contributed by atoms with E-state index in [1.807, 2.05) is 10.3 Å². The number of rotatable bonds is 5. The highest BCUT2D eigenvalue weighted by Gasteiger charge is 2.28. The standard InChI is InChI=1S/C15H26N2OS/c1-6-8-17(9-7-2)14(18)12-11(15(3,4)5)10-19-13(12)16/h10H,6-9,16H2,1-5H3. The number of carbonyl (C=O) groups excluding carboxylic acids is 1. The Morgan fingerprint density at radius 1 is 1.26 bits per heavy atom. The molecule has 0 bridgehead atoms. The van der Waals surface area contributed by atoms with Crippen molar-refractivity contribution in [2.24, 2.45) is 0 Å². The van der Waals surface area contributed by atoms with Crippen LogP contribution >= 0.6 is 11.3 Å². The lowest BCUT2D eigenvalue weighted by Gasteiger charge is -2.25.